The summed E-state index contributed by atoms with van der Waals surface area (Å²) < 4.78 is 49.4. The van der Waals surface area contributed by atoms with Crippen LogP contribution in [0.5, 0.6) is 5.88 Å². The number of fused-ring (bicyclic) bond motifs is 3. The molecule has 0 saturated carbocycles. The lowest BCUT2D eigenvalue weighted by Crippen LogP contribution is -2.52. The van der Waals surface area contributed by atoms with Crippen molar-refractivity contribution in [3.8, 4) is 17.0 Å². The zero-order chi connectivity index (χ0) is 23.3. The molecule has 33 heavy (non-hydrogen) atoms. The SMILES string of the molecule is COc1cc(-c2cc(F)c3c(c2NC(=O)NS(=O)(=O)N2C[C@H]4C[C@@H]2CN4C)CCC3)ccn1. The van der Waals surface area contributed by atoms with E-state index in [2.05, 4.69) is 19.9 Å². The number of methoxy groups -OCH3 is 1. The number of amides is 2. The molecular formula is C22H26FN5O4S. The van der Waals surface area contributed by atoms with Gasteiger partial charge < -0.3 is 15.0 Å². The maximum Gasteiger partial charge on any atom is 0.333 e. The fourth-order valence-corrected chi connectivity index (χ4v) is 6.55. The number of piperazine rings is 1. The van der Waals surface area contributed by atoms with E-state index in [4.69, 9.17) is 4.74 Å². The fourth-order valence-electron chi connectivity index (χ4n) is 5.23. The van der Waals surface area contributed by atoms with Gasteiger partial charge in [0.15, 0.2) is 0 Å². The lowest BCUT2D eigenvalue weighted by atomic mass is 9.97. The Balaban J connectivity index is 1.44. The van der Waals surface area contributed by atoms with Crippen LogP contribution >= 0.6 is 0 Å². The minimum atomic E-state index is -4.00. The number of nitrogens with one attached hydrogen (secondary N) is 2. The third-order valence-corrected chi connectivity index (χ3v) is 8.34. The fraction of sp³-hybridized carbons (Fsp3) is 0.455. The van der Waals surface area contributed by atoms with Crippen LogP contribution in [-0.2, 0) is 23.1 Å². The van der Waals surface area contributed by atoms with Crippen molar-refractivity contribution in [1.29, 1.82) is 0 Å². The van der Waals surface area contributed by atoms with Crippen LogP contribution in [0.2, 0.25) is 0 Å². The van der Waals surface area contributed by atoms with Gasteiger partial charge in [-0.3, -0.25) is 0 Å². The second kappa shape index (κ2) is 8.23. The van der Waals surface area contributed by atoms with Crippen LogP contribution in [0.15, 0.2) is 24.4 Å². The Bertz CT molecular complexity index is 1220. The van der Waals surface area contributed by atoms with Gasteiger partial charge in [0, 0.05) is 43.0 Å². The number of carbonyl (C=O) groups excluding carboxylic acids is 1. The molecule has 2 N–H and O–H groups in total. The minimum absolute atomic E-state index is 0.139. The molecule has 2 amide bonds. The highest BCUT2D eigenvalue weighted by atomic mass is 32.2. The zero-order valence-corrected chi connectivity index (χ0v) is 19.3. The van der Waals surface area contributed by atoms with Gasteiger partial charge in [0.25, 0.3) is 0 Å². The molecule has 0 radical (unpaired) electrons. The first-order chi connectivity index (χ1) is 15.8. The summed E-state index contributed by atoms with van der Waals surface area (Å²) >= 11 is 0. The third kappa shape index (κ3) is 3.94. The molecular weight excluding hydrogens is 449 g/mol. The molecule has 2 saturated heterocycles. The molecule has 3 aliphatic rings. The first kappa shape index (κ1) is 22.1. The van der Waals surface area contributed by atoms with Crippen molar-refractivity contribution in [2.45, 2.75) is 37.8 Å². The first-order valence-corrected chi connectivity index (χ1v) is 12.4. The second-order valence-corrected chi connectivity index (χ2v) is 10.4. The number of anilines is 1. The van der Waals surface area contributed by atoms with E-state index >= 15 is 0 Å². The van der Waals surface area contributed by atoms with Gasteiger partial charge in [-0.25, -0.2) is 18.9 Å². The number of ether oxygens (including phenoxy) is 1. The molecule has 2 aliphatic heterocycles. The van der Waals surface area contributed by atoms with Crippen molar-refractivity contribution in [1.82, 2.24) is 18.9 Å². The maximum absolute atomic E-state index is 14.8. The average molecular weight is 476 g/mol. The van der Waals surface area contributed by atoms with Crippen LogP contribution in [0.4, 0.5) is 14.9 Å². The Labute approximate surface area is 192 Å². The summed E-state index contributed by atoms with van der Waals surface area (Å²) in [6.07, 6.45) is 4.22. The van der Waals surface area contributed by atoms with Crippen molar-refractivity contribution in [3.05, 3.63) is 41.3 Å². The number of likely N-dealkylation sites (N-methyl/N-ethyl adjacent to an activating group) is 1. The van der Waals surface area contributed by atoms with Crippen LogP contribution in [-0.4, -0.2) is 68.0 Å². The van der Waals surface area contributed by atoms with Crippen LogP contribution in [0.1, 0.15) is 24.0 Å². The molecule has 3 heterocycles. The summed E-state index contributed by atoms with van der Waals surface area (Å²) in [6.45, 7) is 1.00. The Hall–Kier alpha value is -2.76. The summed E-state index contributed by atoms with van der Waals surface area (Å²) in [5.74, 6) is 0.00418. The minimum Gasteiger partial charge on any atom is -0.481 e. The average Bonchev–Trinajstić information content (AvgIpc) is 3.51. The molecule has 2 aromatic rings. The Morgan fingerprint density at radius 1 is 1.21 bits per heavy atom. The number of likely N-dealkylation sites (tertiary alicyclic amines) is 1. The third-order valence-electron chi connectivity index (χ3n) is 6.84. The highest BCUT2D eigenvalue weighted by Gasteiger charge is 2.47. The predicted molar refractivity (Wildman–Crippen MR) is 121 cm³/mol. The summed E-state index contributed by atoms with van der Waals surface area (Å²) in [5, 5.41) is 2.71. The largest absolute Gasteiger partial charge is 0.481 e. The number of halogens is 1. The highest BCUT2D eigenvalue weighted by molar-refractivity contribution is 7.87. The first-order valence-electron chi connectivity index (χ1n) is 10.9. The highest BCUT2D eigenvalue weighted by Crippen LogP contribution is 2.40. The lowest BCUT2D eigenvalue weighted by Gasteiger charge is -2.30. The topological polar surface area (TPSA) is 104 Å². The molecule has 2 atom stereocenters. The van der Waals surface area contributed by atoms with Gasteiger partial charge in [0.05, 0.1) is 12.8 Å². The van der Waals surface area contributed by atoms with Gasteiger partial charge in [-0.2, -0.15) is 12.7 Å². The van der Waals surface area contributed by atoms with Crippen molar-refractivity contribution >= 4 is 21.9 Å². The number of pyridine rings is 1. The number of aromatic nitrogens is 1. The van der Waals surface area contributed by atoms with Crippen LogP contribution in [0, 0.1) is 5.82 Å². The number of carbonyl (C=O) groups is 1. The van der Waals surface area contributed by atoms with E-state index in [0.29, 0.717) is 59.8 Å². The smallest absolute Gasteiger partial charge is 0.333 e. The molecule has 0 unspecified atom stereocenters. The van der Waals surface area contributed by atoms with Gasteiger partial charge in [0.1, 0.15) is 5.82 Å². The number of rotatable bonds is 5. The van der Waals surface area contributed by atoms with E-state index in [1.54, 1.807) is 12.1 Å². The second-order valence-electron chi connectivity index (χ2n) is 8.79. The predicted octanol–water partition coefficient (Wildman–Crippen LogP) is 2.14. The molecule has 176 valence electrons. The van der Waals surface area contributed by atoms with Gasteiger partial charge in [-0.05, 0) is 61.6 Å². The van der Waals surface area contributed by atoms with Crippen molar-refractivity contribution in [3.63, 3.8) is 0 Å². The van der Waals surface area contributed by atoms with Crippen molar-refractivity contribution in [2.24, 2.45) is 0 Å². The van der Waals surface area contributed by atoms with E-state index in [9.17, 15) is 17.6 Å². The number of hydrogen-bond donors (Lipinski definition) is 2. The molecule has 1 aliphatic carbocycles. The van der Waals surface area contributed by atoms with Gasteiger partial charge in [-0.1, -0.05) is 0 Å². The Morgan fingerprint density at radius 2 is 2.00 bits per heavy atom. The van der Waals surface area contributed by atoms with E-state index in [1.807, 2.05) is 7.05 Å². The Kier molecular flexibility index (Phi) is 5.50. The van der Waals surface area contributed by atoms with Crippen LogP contribution in [0.25, 0.3) is 11.1 Å². The lowest BCUT2D eigenvalue weighted by molar-refractivity contribution is 0.214. The van der Waals surface area contributed by atoms with Crippen molar-refractivity contribution in [2.75, 3.05) is 32.6 Å². The Morgan fingerprint density at radius 3 is 2.70 bits per heavy atom. The molecule has 11 heteroatoms. The molecule has 0 spiro atoms. The van der Waals surface area contributed by atoms with Crippen molar-refractivity contribution < 1.29 is 22.3 Å². The van der Waals surface area contributed by atoms with Crippen LogP contribution < -0.4 is 14.8 Å². The molecule has 1 aromatic carbocycles. The number of hydrogen-bond acceptors (Lipinski definition) is 6. The number of urea groups is 1. The number of nitrogens with zero attached hydrogens (tertiary/aromatic N) is 3. The molecule has 9 nitrogen and oxygen atoms in total. The molecule has 1 aromatic heterocycles. The van der Waals surface area contributed by atoms with E-state index in [1.165, 1.54) is 23.7 Å². The standard InChI is InChI=1S/C22H26FN5O4S/c1-27-11-15-9-14(27)12-28(15)33(30,31)26-22(29)25-21-17-5-3-4-16(17)19(23)10-18(21)13-6-7-24-20(8-13)32-2/h6-8,10,14-15H,3-5,9,11-12H2,1-2H3,(H2,25,26,29)/t14-,15-/m1/s1. The maximum atomic E-state index is 14.8. The number of benzene rings is 1. The summed E-state index contributed by atoms with van der Waals surface area (Å²) in [7, 11) is -0.550. The van der Waals surface area contributed by atoms with E-state index < -0.39 is 16.2 Å². The van der Waals surface area contributed by atoms with E-state index in [0.717, 1.165) is 12.8 Å². The normalized spacial score (nSPS) is 22.4. The molecule has 5 rings (SSSR count). The van der Waals surface area contributed by atoms with E-state index in [-0.39, 0.29) is 17.9 Å². The molecule has 2 bridgehead atoms. The molecule has 2 fully saturated rings. The monoisotopic (exact) mass is 475 g/mol. The van der Waals surface area contributed by atoms with Gasteiger partial charge in [-0.15, -0.1) is 0 Å². The van der Waals surface area contributed by atoms with Gasteiger partial charge >= 0.3 is 16.2 Å². The summed E-state index contributed by atoms with van der Waals surface area (Å²) in [6, 6.07) is 3.87. The summed E-state index contributed by atoms with van der Waals surface area (Å²) in [4.78, 5) is 19.1. The van der Waals surface area contributed by atoms with Gasteiger partial charge in [0.2, 0.25) is 5.88 Å². The summed E-state index contributed by atoms with van der Waals surface area (Å²) in [5.41, 5.74) is 2.71. The zero-order valence-electron chi connectivity index (χ0n) is 18.5. The van der Waals surface area contributed by atoms with Crippen LogP contribution in [0.3, 0.4) is 0 Å². The quantitative estimate of drug-likeness (QED) is 0.687.